The van der Waals surface area contributed by atoms with Crippen molar-refractivity contribution in [3.8, 4) is 0 Å². The van der Waals surface area contributed by atoms with Crippen molar-refractivity contribution >= 4 is 0 Å². The molecule has 0 aromatic carbocycles. The molecular formula is C15H25N5. The lowest BCUT2D eigenvalue weighted by Crippen LogP contribution is -2.21. The maximum Gasteiger partial charge on any atom is 0.0537 e. The van der Waals surface area contributed by atoms with Crippen molar-refractivity contribution in [1.29, 1.82) is 0 Å². The van der Waals surface area contributed by atoms with Gasteiger partial charge in [0.05, 0.1) is 12.4 Å². The van der Waals surface area contributed by atoms with Gasteiger partial charge in [0.1, 0.15) is 0 Å². The van der Waals surface area contributed by atoms with Crippen LogP contribution in [0, 0.1) is 0 Å². The van der Waals surface area contributed by atoms with E-state index in [0.717, 1.165) is 32.4 Å². The average molecular weight is 275 g/mol. The Kier molecular flexibility index (Phi) is 5.35. The van der Waals surface area contributed by atoms with Gasteiger partial charge in [-0.15, -0.1) is 0 Å². The summed E-state index contributed by atoms with van der Waals surface area (Å²) in [6.45, 7) is 6.35. The Bertz CT molecular complexity index is 514. The third kappa shape index (κ3) is 3.93. The number of nitrogens with zero attached hydrogens (tertiary/aromatic N) is 4. The topological polar surface area (TPSA) is 47.7 Å². The Hall–Kier alpha value is -1.62. The first-order valence-electron chi connectivity index (χ1n) is 7.46. The summed E-state index contributed by atoms with van der Waals surface area (Å²) >= 11 is 0. The Morgan fingerprint density at radius 2 is 2.05 bits per heavy atom. The summed E-state index contributed by atoms with van der Waals surface area (Å²) in [6.07, 6.45) is 11.3. The summed E-state index contributed by atoms with van der Waals surface area (Å²) in [5, 5.41) is 12.2. The molecule has 1 atom stereocenters. The largest absolute Gasteiger partial charge is 0.310 e. The van der Waals surface area contributed by atoms with E-state index in [1.807, 2.05) is 28.8 Å². The van der Waals surface area contributed by atoms with Crippen LogP contribution in [0.5, 0.6) is 0 Å². The highest BCUT2D eigenvalue weighted by Crippen LogP contribution is 2.15. The summed E-state index contributed by atoms with van der Waals surface area (Å²) in [7, 11) is 1.95. The van der Waals surface area contributed by atoms with Gasteiger partial charge in [0.2, 0.25) is 0 Å². The van der Waals surface area contributed by atoms with Gasteiger partial charge in [0.15, 0.2) is 0 Å². The van der Waals surface area contributed by atoms with Crippen LogP contribution in [0.4, 0.5) is 0 Å². The monoisotopic (exact) mass is 275 g/mol. The van der Waals surface area contributed by atoms with Crippen molar-refractivity contribution in [2.75, 3.05) is 6.54 Å². The fourth-order valence-electron chi connectivity index (χ4n) is 2.34. The van der Waals surface area contributed by atoms with Gasteiger partial charge >= 0.3 is 0 Å². The normalized spacial score (nSPS) is 12.8. The number of nitrogens with one attached hydrogen (secondary N) is 1. The van der Waals surface area contributed by atoms with Crippen LogP contribution in [0.3, 0.4) is 0 Å². The zero-order chi connectivity index (χ0) is 14.4. The highest BCUT2D eigenvalue weighted by molar-refractivity contribution is 5.10. The third-order valence-electron chi connectivity index (χ3n) is 3.49. The lowest BCUT2D eigenvalue weighted by Gasteiger charge is -2.14. The second-order valence-electron chi connectivity index (χ2n) is 5.22. The molecule has 5 nitrogen and oxygen atoms in total. The minimum absolute atomic E-state index is 0.419. The van der Waals surface area contributed by atoms with Crippen molar-refractivity contribution in [3.63, 3.8) is 0 Å². The van der Waals surface area contributed by atoms with Gasteiger partial charge in [-0.1, -0.05) is 13.8 Å². The lowest BCUT2D eigenvalue weighted by atomic mass is 10.1. The first-order chi connectivity index (χ1) is 9.72. The van der Waals surface area contributed by atoms with Crippen molar-refractivity contribution in [2.24, 2.45) is 7.05 Å². The molecule has 0 spiro atoms. The second-order valence-corrected chi connectivity index (χ2v) is 5.22. The van der Waals surface area contributed by atoms with Gasteiger partial charge in [-0.3, -0.25) is 9.36 Å². The second kappa shape index (κ2) is 7.24. The van der Waals surface area contributed by atoms with Crippen LogP contribution in [-0.4, -0.2) is 26.1 Å². The highest BCUT2D eigenvalue weighted by atomic mass is 15.3. The molecule has 0 fully saturated rings. The Morgan fingerprint density at radius 3 is 2.70 bits per heavy atom. The molecular weight excluding hydrogens is 250 g/mol. The molecule has 20 heavy (non-hydrogen) atoms. The highest BCUT2D eigenvalue weighted by Gasteiger charge is 2.10. The quantitative estimate of drug-likeness (QED) is 0.804. The first kappa shape index (κ1) is 14.8. The summed E-state index contributed by atoms with van der Waals surface area (Å²) in [5.74, 6) is 0. The zero-order valence-corrected chi connectivity index (χ0v) is 12.7. The summed E-state index contributed by atoms with van der Waals surface area (Å²) in [5.41, 5.74) is 2.54. The minimum atomic E-state index is 0.419. The maximum absolute atomic E-state index is 4.46. The maximum atomic E-state index is 4.46. The molecule has 0 bridgehead atoms. The molecule has 1 unspecified atom stereocenters. The van der Waals surface area contributed by atoms with Crippen LogP contribution in [0.2, 0.25) is 0 Å². The summed E-state index contributed by atoms with van der Waals surface area (Å²) in [4.78, 5) is 0. The van der Waals surface area contributed by atoms with E-state index in [0.29, 0.717) is 6.04 Å². The number of hydrogen-bond acceptors (Lipinski definition) is 3. The molecule has 110 valence electrons. The van der Waals surface area contributed by atoms with Crippen LogP contribution < -0.4 is 5.32 Å². The van der Waals surface area contributed by atoms with Gasteiger partial charge in [-0.2, -0.15) is 10.2 Å². The van der Waals surface area contributed by atoms with Gasteiger partial charge in [0, 0.05) is 37.6 Å². The van der Waals surface area contributed by atoms with Crippen molar-refractivity contribution in [1.82, 2.24) is 24.9 Å². The van der Waals surface area contributed by atoms with Gasteiger partial charge < -0.3 is 5.32 Å². The van der Waals surface area contributed by atoms with E-state index in [4.69, 9.17) is 0 Å². The van der Waals surface area contributed by atoms with Crippen LogP contribution in [0.25, 0.3) is 0 Å². The molecule has 0 saturated carbocycles. The third-order valence-corrected chi connectivity index (χ3v) is 3.49. The minimum Gasteiger partial charge on any atom is -0.310 e. The molecule has 0 aliphatic carbocycles. The molecule has 0 aliphatic heterocycles. The fraction of sp³-hybridized carbons (Fsp3) is 0.600. The van der Waals surface area contributed by atoms with Gasteiger partial charge in [0.25, 0.3) is 0 Å². The van der Waals surface area contributed by atoms with Gasteiger partial charge in [-0.25, -0.2) is 0 Å². The molecule has 5 heteroatoms. The van der Waals surface area contributed by atoms with Crippen molar-refractivity contribution in [3.05, 3.63) is 35.9 Å². The molecule has 2 aromatic rings. The number of aromatic nitrogens is 4. The lowest BCUT2D eigenvalue weighted by molar-refractivity contribution is 0.517. The zero-order valence-electron chi connectivity index (χ0n) is 12.7. The van der Waals surface area contributed by atoms with E-state index in [2.05, 4.69) is 41.8 Å². The van der Waals surface area contributed by atoms with Crippen LogP contribution in [0.15, 0.2) is 24.8 Å². The van der Waals surface area contributed by atoms with E-state index in [1.165, 1.54) is 11.1 Å². The van der Waals surface area contributed by atoms with E-state index >= 15 is 0 Å². The van der Waals surface area contributed by atoms with E-state index in [1.54, 1.807) is 0 Å². The Balaban J connectivity index is 1.90. The number of rotatable bonds is 8. The molecule has 0 amide bonds. The molecule has 0 aliphatic rings. The molecule has 2 rings (SSSR count). The number of hydrogen-bond donors (Lipinski definition) is 1. The number of aryl methyl sites for hydroxylation is 3. The van der Waals surface area contributed by atoms with E-state index in [9.17, 15) is 0 Å². The Morgan fingerprint density at radius 1 is 1.20 bits per heavy atom. The van der Waals surface area contributed by atoms with E-state index in [-0.39, 0.29) is 0 Å². The molecule has 1 N–H and O–H groups in total. The predicted molar refractivity (Wildman–Crippen MR) is 80.5 cm³/mol. The fourth-order valence-corrected chi connectivity index (χ4v) is 2.34. The standard InChI is InChI=1S/C15H25N5/c1-4-7-16-15(5-2)14-10-18-20(12-14)8-6-13-9-17-19(3)11-13/h9-12,15-16H,4-8H2,1-3H3. The smallest absolute Gasteiger partial charge is 0.0537 e. The Labute approximate surface area is 121 Å². The van der Waals surface area contributed by atoms with Crippen LogP contribution >= 0.6 is 0 Å². The first-order valence-corrected chi connectivity index (χ1v) is 7.46. The van der Waals surface area contributed by atoms with Crippen LogP contribution in [-0.2, 0) is 20.0 Å². The van der Waals surface area contributed by atoms with Crippen molar-refractivity contribution in [2.45, 2.75) is 45.7 Å². The average Bonchev–Trinajstić information content (AvgIpc) is 3.07. The predicted octanol–water partition coefficient (Wildman–Crippen LogP) is 2.31. The molecule has 2 aromatic heterocycles. The van der Waals surface area contributed by atoms with Crippen LogP contribution in [0.1, 0.15) is 43.9 Å². The summed E-state index contributed by atoms with van der Waals surface area (Å²) < 4.78 is 3.87. The van der Waals surface area contributed by atoms with Crippen molar-refractivity contribution < 1.29 is 0 Å². The summed E-state index contributed by atoms with van der Waals surface area (Å²) in [6, 6.07) is 0.419. The molecule has 2 heterocycles. The van der Waals surface area contributed by atoms with Gasteiger partial charge in [-0.05, 0) is 31.4 Å². The SMILES string of the molecule is CCCNC(CC)c1cnn(CCc2cnn(C)c2)c1. The van der Waals surface area contributed by atoms with E-state index < -0.39 is 0 Å². The molecule has 0 saturated heterocycles. The molecule has 0 radical (unpaired) electrons.